The van der Waals surface area contributed by atoms with Crippen LogP contribution in [0.25, 0.3) is 17.2 Å². The number of carboxylic acids is 1. The van der Waals surface area contributed by atoms with Crippen LogP contribution in [0.4, 0.5) is 21.5 Å². The van der Waals surface area contributed by atoms with Crippen LogP contribution in [0.5, 0.6) is 0 Å². The average molecular weight is 490 g/mol. The fourth-order valence-electron chi connectivity index (χ4n) is 4.75. The first-order chi connectivity index (χ1) is 17.9. The van der Waals surface area contributed by atoms with Crippen LogP contribution in [0.15, 0.2) is 103 Å². The Bertz CT molecular complexity index is 1540. The van der Waals surface area contributed by atoms with Crippen LogP contribution in [0.2, 0.25) is 0 Å². The Morgan fingerprint density at radius 1 is 0.811 bits per heavy atom. The van der Waals surface area contributed by atoms with Crippen LogP contribution >= 0.6 is 0 Å². The summed E-state index contributed by atoms with van der Waals surface area (Å²) in [6.45, 7) is 1.89. The molecule has 1 N–H and O–H groups in total. The minimum atomic E-state index is -0.947. The van der Waals surface area contributed by atoms with Gasteiger partial charge in [0.25, 0.3) is 0 Å². The normalized spacial score (nSPS) is 13.5. The largest absolute Gasteiger partial charge is 0.481 e. The molecule has 0 spiro atoms. The molecular formula is C32H24FNO3. The van der Waals surface area contributed by atoms with E-state index in [1.807, 2.05) is 79.7 Å². The molecule has 0 aliphatic heterocycles. The van der Waals surface area contributed by atoms with Gasteiger partial charge in [0.05, 0.1) is 6.42 Å². The van der Waals surface area contributed by atoms with Crippen LogP contribution in [0.3, 0.4) is 0 Å². The zero-order valence-electron chi connectivity index (χ0n) is 20.2. The number of rotatable bonds is 7. The van der Waals surface area contributed by atoms with Crippen molar-refractivity contribution in [1.29, 1.82) is 0 Å². The van der Waals surface area contributed by atoms with Gasteiger partial charge in [-0.2, -0.15) is 0 Å². The number of carboxylic acid groups (broad SMARTS) is 1. The van der Waals surface area contributed by atoms with Gasteiger partial charge >= 0.3 is 5.97 Å². The average Bonchev–Trinajstić information content (AvgIpc) is 3.15. The van der Waals surface area contributed by atoms with Crippen molar-refractivity contribution in [1.82, 2.24) is 0 Å². The molecule has 5 rings (SSSR count). The van der Waals surface area contributed by atoms with E-state index in [2.05, 4.69) is 4.90 Å². The zero-order valence-corrected chi connectivity index (χ0v) is 20.2. The molecule has 0 unspecified atom stereocenters. The van der Waals surface area contributed by atoms with Crippen molar-refractivity contribution in [3.05, 3.63) is 131 Å². The molecule has 4 aromatic rings. The third-order valence-electron chi connectivity index (χ3n) is 6.55. The monoisotopic (exact) mass is 489 g/mol. The number of halogens is 1. The fraction of sp³-hybridized carbons (Fsp3) is 0.0625. The van der Waals surface area contributed by atoms with E-state index in [4.69, 9.17) is 0 Å². The van der Waals surface area contributed by atoms with Gasteiger partial charge in [-0.1, -0.05) is 36.4 Å². The zero-order chi connectivity index (χ0) is 25.9. The van der Waals surface area contributed by atoms with E-state index in [-0.39, 0.29) is 12.2 Å². The Labute approximate surface area is 214 Å². The summed E-state index contributed by atoms with van der Waals surface area (Å²) in [5.41, 5.74) is 8.24. The number of benzene rings is 4. The molecular weight excluding hydrogens is 465 g/mol. The Morgan fingerprint density at radius 3 is 2.00 bits per heavy atom. The molecule has 0 saturated carbocycles. The number of allylic oxidation sites excluding steroid dienone is 2. The van der Waals surface area contributed by atoms with Gasteiger partial charge in [0.1, 0.15) is 12.1 Å². The first-order valence-corrected chi connectivity index (χ1v) is 11.9. The summed E-state index contributed by atoms with van der Waals surface area (Å²) in [6.07, 6.45) is 2.68. The first-order valence-electron chi connectivity index (χ1n) is 11.9. The topological polar surface area (TPSA) is 57.6 Å². The molecule has 0 amide bonds. The maximum Gasteiger partial charge on any atom is 0.307 e. The van der Waals surface area contributed by atoms with Gasteiger partial charge in [-0.25, -0.2) is 4.39 Å². The predicted molar refractivity (Wildman–Crippen MR) is 146 cm³/mol. The highest BCUT2D eigenvalue weighted by molar-refractivity contribution is 6.07. The number of anilines is 3. The molecule has 4 nitrogen and oxygen atoms in total. The predicted octanol–water partition coefficient (Wildman–Crippen LogP) is 7.91. The third-order valence-corrected chi connectivity index (χ3v) is 6.55. The second-order valence-electron chi connectivity index (χ2n) is 8.89. The van der Waals surface area contributed by atoms with Crippen LogP contribution in [0.1, 0.15) is 40.4 Å². The molecule has 0 aromatic heterocycles. The maximum absolute atomic E-state index is 14.0. The first kappa shape index (κ1) is 23.9. The molecule has 0 bridgehead atoms. The molecule has 4 aromatic carbocycles. The Balaban J connectivity index is 1.54. The lowest BCUT2D eigenvalue weighted by Gasteiger charge is -2.25. The summed E-state index contributed by atoms with van der Waals surface area (Å²) in [5, 5.41) is 9.39. The van der Waals surface area contributed by atoms with Crippen molar-refractivity contribution in [2.75, 3.05) is 4.90 Å². The van der Waals surface area contributed by atoms with Crippen molar-refractivity contribution in [3.8, 4) is 0 Å². The lowest BCUT2D eigenvalue weighted by atomic mass is 10.0. The molecule has 182 valence electrons. The molecule has 37 heavy (non-hydrogen) atoms. The van der Waals surface area contributed by atoms with E-state index in [0.717, 1.165) is 45.6 Å². The number of hydrogen-bond acceptors (Lipinski definition) is 3. The van der Waals surface area contributed by atoms with Crippen LogP contribution in [0, 0.1) is 5.82 Å². The van der Waals surface area contributed by atoms with Crippen molar-refractivity contribution < 1.29 is 19.1 Å². The number of carbonyl (C=O) groups excluding carboxylic acids is 1. The van der Waals surface area contributed by atoms with E-state index in [0.29, 0.717) is 16.7 Å². The number of hydrogen-bond donors (Lipinski definition) is 1. The smallest absolute Gasteiger partial charge is 0.307 e. The molecule has 5 heteroatoms. The summed E-state index contributed by atoms with van der Waals surface area (Å²) in [5.74, 6) is -1.33. The second-order valence-corrected chi connectivity index (χ2v) is 8.89. The molecule has 0 heterocycles. The van der Waals surface area contributed by atoms with E-state index >= 15 is 0 Å². The maximum atomic E-state index is 14.0. The lowest BCUT2D eigenvalue weighted by Crippen LogP contribution is -2.09. The standard InChI is InChI=1S/C32H24FNO3/c1-21-29(28-16-11-24(33)18-31(28)30(21)19-32(36)37)17-22-7-12-26(13-8-22)34(25-5-3-2-4-6-25)27-14-9-23(20-35)10-15-27/h2-18,20H,19H2,1H3,(H,36,37)/b29-17-. The van der Waals surface area contributed by atoms with Gasteiger partial charge in [0, 0.05) is 22.6 Å². The minimum Gasteiger partial charge on any atom is -0.481 e. The summed E-state index contributed by atoms with van der Waals surface area (Å²) >= 11 is 0. The number of para-hydroxylation sites is 1. The van der Waals surface area contributed by atoms with Gasteiger partial charge in [0.15, 0.2) is 0 Å². The molecule has 1 aliphatic carbocycles. The highest BCUT2D eigenvalue weighted by Gasteiger charge is 2.25. The van der Waals surface area contributed by atoms with Crippen LogP contribution < -0.4 is 4.90 Å². The number of aldehydes is 1. The van der Waals surface area contributed by atoms with E-state index in [9.17, 15) is 19.1 Å². The number of aliphatic carboxylic acids is 1. The summed E-state index contributed by atoms with van der Waals surface area (Å²) in [4.78, 5) is 24.7. The van der Waals surface area contributed by atoms with Crippen LogP contribution in [-0.2, 0) is 4.79 Å². The fourth-order valence-corrected chi connectivity index (χ4v) is 4.75. The van der Waals surface area contributed by atoms with Crippen molar-refractivity contribution >= 4 is 46.5 Å². The highest BCUT2D eigenvalue weighted by atomic mass is 19.1. The third kappa shape index (κ3) is 4.84. The SMILES string of the molecule is CC1=C(CC(=O)O)c2cc(F)ccc2/C1=C\c1ccc(N(c2ccccc2)c2ccc(C=O)cc2)cc1. The second kappa shape index (κ2) is 10.1. The van der Waals surface area contributed by atoms with E-state index in [1.165, 1.54) is 12.1 Å². The molecule has 0 atom stereocenters. The van der Waals surface area contributed by atoms with Crippen molar-refractivity contribution in [2.24, 2.45) is 0 Å². The van der Waals surface area contributed by atoms with E-state index in [1.54, 1.807) is 18.2 Å². The van der Waals surface area contributed by atoms with Gasteiger partial charge in [-0.15, -0.1) is 0 Å². The minimum absolute atomic E-state index is 0.159. The van der Waals surface area contributed by atoms with Gasteiger partial charge < -0.3 is 10.0 Å². The molecule has 1 aliphatic rings. The summed E-state index contributed by atoms with van der Waals surface area (Å²) < 4.78 is 14.0. The molecule has 0 radical (unpaired) electrons. The number of fused-ring (bicyclic) bond motifs is 1. The Kier molecular flexibility index (Phi) is 6.52. The quantitative estimate of drug-likeness (QED) is 0.268. The molecule has 0 saturated heterocycles. The van der Waals surface area contributed by atoms with Gasteiger partial charge in [-0.05, 0) is 107 Å². The van der Waals surface area contributed by atoms with Gasteiger partial charge in [0.2, 0.25) is 0 Å². The molecule has 0 fully saturated rings. The van der Waals surface area contributed by atoms with E-state index < -0.39 is 5.97 Å². The summed E-state index contributed by atoms with van der Waals surface area (Å²) in [6, 6.07) is 30.0. The number of nitrogens with zero attached hydrogens (tertiary/aromatic N) is 1. The summed E-state index contributed by atoms with van der Waals surface area (Å²) in [7, 11) is 0. The Morgan fingerprint density at radius 2 is 1.41 bits per heavy atom. The van der Waals surface area contributed by atoms with Crippen LogP contribution in [-0.4, -0.2) is 17.4 Å². The highest BCUT2D eigenvalue weighted by Crippen LogP contribution is 2.44. The lowest BCUT2D eigenvalue weighted by molar-refractivity contribution is -0.135. The van der Waals surface area contributed by atoms with Crippen molar-refractivity contribution in [2.45, 2.75) is 13.3 Å². The van der Waals surface area contributed by atoms with Gasteiger partial charge in [-0.3, -0.25) is 9.59 Å². The number of carbonyl (C=O) groups is 2. The van der Waals surface area contributed by atoms with Crippen molar-refractivity contribution in [3.63, 3.8) is 0 Å². The Hall–Kier alpha value is -4.77.